The van der Waals surface area contributed by atoms with E-state index in [1.807, 2.05) is 12.1 Å². The highest BCUT2D eigenvalue weighted by atomic mass is 19.4. The zero-order valence-corrected chi connectivity index (χ0v) is 20.5. The highest BCUT2D eigenvalue weighted by molar-refractivity contribution is 5.88. The second-order valence-corrected chi connectivity index (χ2v) is 10.9. The molecule has 5 rings (SSSR count). The Kier molecular flexibility index (Phi) is 7.35. The standard InChI is InChI=1S/C28H32F5NO3/c29-26(30)25-23-10-4-16(15-34-20-2-1-3-21(34)14-18(13-20)27(35)36)12-17(23)5-11-24(25)37-22-8-6-19(7-9-22)28(31,32)33/h4-5,10-12,18-22,26H,1-3,6-9,13-15H2,(H,35,36)/t18?,19-,20?,21?,22+. The van der Waals surface area contributed by atoms with Crippen molar-refractivity contribution in [3.8, 4) is 5.75 Å². The van der Waals surface area contributed by atoms with Crippen molar-refractivity contribution in [2.45, 2.75) is 95.1 Å². The summed E-state index contributed by atoms with van der Waals surface area (Å²) in [7, 11) is 0. The molecule has 4 nitrogen and oxygen atoms in total. The molecule has 3 aliphatic rings. The summed E-state index contributed by atoms with van der Waals surface area (Å²) in [6.07, 6.45) is -2.97. The van der Waals surface area contributed by atoms with Crippen molar-refractivity contribution in [1.82, 2.24) is 4.90 Å². The molecule has 2 heterocycles. The molecule has 37 heavy (non-hydrogen) atoms. The van der Waals surface area contributed by atoms with Crippen LogP contribution >= 0.6 is 0 Å². The number of piperidine rings is 2. The summed E-state index contributed by atoms with van der Waals surface area (Å²) in [5, 5.41) is 10.5. The second kappa shape index (κ2) is 10.4. The Morgan fingerprint density at radius 1 is 1.00 bits per heavy atom. The van der Waals surface area contributed by atoms with Gasteiger partial charge in [0.1, 0.15) is 5.75 Å². The summed E-state index contributed by atoms with van der Waals surface area (Å²) in [5.74, 6) is -2.35. The Hall–Kier alpha value is -2.42. The van der Waals surface area contributed by atoms with E-state index >= 15 is 0 Å². The molecule has 3 fully saturated rings. The second-order valence-electron chi connectivity index (χ2n) is 10.9. The molecular formula is C28H32F5NO3. The summed E-state index contributed by atoms with van der Waals surface area (Å²) in [4.78, 5) is 13.9. The number of nitrogens with zero attached hydrogens (tertiary/aromatic N) is 1. The van der Waals surface area contributed by atoms with E-state index in [2.05, 4.69) is 4.90 Å². The molecule has 0 amide bonds. The fraction of sp³-hybridized carbons (Fsp3) is 0.607. The predicted octanol–water partition coefficient (Wildman–Crippen LogP) is 7.50. The molecule has 2 aromatic carbocycles. The lowest BCUT2D eigenvalue weighted by Crippen LogP contribution is -2.52. The number of carboxylic acids is 1. The molecule has 2 atom stereocenters. The Bertz CT molecular complexity index is 1110. The average Bonchev–Trinajstić information content (AvgIpc) is 2.83. The lowest BCUT2D eigenvalue weighted by molar-refractivity contribution is -0.185. The van der Waals surface area contributed by atoms with Crippen LogP contribution in [-0.4, -0.2) is 40.3 Å². The quantitative estimate of drug-likeness (QED) is 0.397. The van der Waals surface area contributed by atoms with Crippen molar-refractivity contribution in [3.05, 3.63) is 41.5 Å². The van der Waals surface area contributed by atoms with E-state index in [-0.39, 0.29) is 55.0 Å². The smallest absolute Gasteiger partial charge is 0.391 e. The number of carbonyl (C=O) groups is 1. The van der Waals surface area contributed by atoms with E-state index in [1.54, 1.807) is 12.1 Å². The first kappa shape index (κ1) is 26.2. The molecule has 1 N–H and O–H groups in total. The van der Waals surface area contributed by atoms with Gasteiger partial charge in [-0.15, -0.1) is 0 Å². The number of hydrogen-bond acceptors (Lipinski definition) is 3. The van der Waals surface area contributed by atoms with Crippen LogP contribution < -0.4 is 4.74 Å². The fourth-order valence-electron chi connectivity index (χ4n) is 6.65. The number of benzene rings is 2. The van der Waals surface area contributed by atoms with Crippen LogP contribution in [0.25, 0.3) is 10.8 Å². The molecule has 2 bridgehead atoms. The van der Waals surface area contributed by atoms with E-state index in [4.69, 9.17) is 4.74 Å². The first-order valence-corrected chi connectivity index (χ1v) is 13.2. The van der Waals surface area contributed by atoms with Gasteiger partial charge in [0, 0.05) is 18.6 Å². The summed E-state index contributed by atoms with van der Waals surface area (Å²) < 4.78 is 73.1. The molecule has 0 radical (unpaired) electrons. The number of hydrogen-bond donors (Lipinski definition) is 1. The highest BCUT2D eigenvalue weighted by Crippen LogP contribution is 2.42. The van der Waals surface area contributed by atoms with Crippen LogP contribution in [0.4, 0.5) is 22.0 Å². The summed E-state index contributed by atoms with van der Waals surface area (Å²) in [5.41, 5.74) is 0.763. The monoisotopic (exact) mass is 525 g/mol. The third kappa shape index (κ3) is 5.56. The molecule has 9 heteroatoms. The van der Waals surface area contributed by atoms with Gasteiger partial charge in [-0.3, -0.25) is 9.69 Å². The third-order valence-corrected chi connectivity index (χ3v) is 8.58. The van der Waals surface area contributed by atoms with Crippen LogP contribution in [0.5, 0.6) is 5.75 Å². The number of halogens is 5. The van der Waals surface area contributed by atoms with Gasteiger partial charge in [-0.1, -0.05) is 24.6 Å². The summed E-state index contributed by atoms with van der Waals surface area (Å²) in [6.45, 7) is 0.641. The molecular weight excluding hydrogens is 493 g/mol. The first-order chi connectivity index (χ1) is 17.6. The van der Waals surface area contributed by atoms with Crippen LogP contribution in [0, 0.1) is 11.8 Å². The van der Waals surface area contributed by atoms with Crippen LogP contribution in [-0.2, 0) is 11.3 Å². The molecule has 2 saturated heterocycles. The maximum atomic E-state index is 14.2. The number of aliphatic carboxylic acids is 1. The zero-order chi connectivity index (χ0) is 26.3. The lowest BCUT2D eigenvalue weighted by Gasteiger charge is -2.48. The molecule has 202 valence electrons. The molecule has 2 aromatic rings. The largest absolute Gasteiger partial charge is 0.490 e. The van der Waals surface area contributed by atoms with Crippen LogP contribution in [0.1, 0.15) is 75.3 Å². The Morgan fingerprint density at radius 3 is 2.27 bits per heavy atom. The Balaban J connectivity index is 1.33. The van der Waals surface area contributed by atoms with Crippen molar-refractivity contribution >= 4 is 16.7 Å². The van der Waals surface area contributed by atoms with E-state index in [0.29, 0.717) is 30.2 Å². The molecule has 1 aliphatic carbocycles. The van der Waals surface area contributed by atoms with Gasteiger partial charge >= 0.3 is 12.1 Å². The maximum Gasteiger partial charge on any atom is 0.391 e. The van der Waals surface area contributed by atoms with Gasteiger partial charge in [-0.25, -0.2) is 8.78 Å². The number of alkyl halides is 5. The molecule has 0 spiro atoms. The zero-order valence-electron chi connectivity index (χ0n) is 20.5. The van der Waals surface area contributed by atoms with E-state index in [0.717, 1.165) is 24.8 Å². The topological polar surface area (TPSA) is 49.8 Å². The number of carboxylic acid groups (broad SMARTS) is 1. The average molecular weight is 526 g/mol. The Labute approximate surface area is 212 Å². The minimum Gasteiger partial charge on any atom is -0.490 e. The first-order valence-electron chi connectivity index (χ1n) is 13.2. The van der Waals surface area contributed by atoms with E-state index in [1.165, 1.54) is 6.07 Å². The summed E-state index contributed by atoms with van der Waals surface area (Å²) in [6, 6.07) is 9.09. The maximum absolute atomic E-state index is 14.2. The van der Waals surface area contributed by atoms with Crippen LogP contribution in [0.2, 0.25) is 0 Å². The number of rotatable bonds is 6. The van der Waals surface area contributed by atoms with Crippen LogP contribution in [0.3, 0.4) is 0 Å². The van der Waals surface area contributed by atoms with Gasteiger partial charge in [0.15, 0.2) is 0 Å². The van der Waals surface area contributed by atoms with E-state index < -0.39 is 30.6 Å². The van der Waals surface area contributed by atoms with Gasteiger partial charge in [-0.05, 0) is 79.8 Å². The fourth-order valence-corrected chi connectivity index (χ4v) is 6.65. The van der Waals surface area contributed by atoms with Gasteiger partial charge in [0.2, 0.25) is 0 Å². The van der Waals surface area contributed by atoms with Crippen molar-refractivity contribution in [2.75, 3.05) is 0 Å². The molecule has 1 saturated carbocycles. The Morgan fingerprint density at radius 2 is 1.68 bits per heavy atom. The van der Waals surface area contributed by atoms with Crippen molar-refractivity contribution in [3.63, 3.8) is 0 Å². The van der Waals surface area contributed by atoms with Crippen LogP contribution in [0.15, 0.2) is 30.3 Å². The number of fused-ring (bicyclic) bond motifs is 3. The van der Waals surface area contributed by atoms with Gasteiger partial charge < -0.3 is 9.84 Å². The van der Waals surface area contributed by atoms with Crippen molar-refractivity contribution in [1.29, 1.82) is 0 Å². The van der Waals surface area contributed by atoms with Crippen molar-refractivity contribution in [2.24, 2.45) is 11.8 Å². The van der Waals surface area contributed by atoms with Gasteiger partial charge in [-0.2, -0.15) is 13.2 Å². The van der Waals surface area contributed by atoms with Gasteiger partial charge in [0.05, 0.1) is 23.5 Å². The third-order valence-electron chi connectivity index (χ3n) is 8.58. The van der Waals surface area contributed by atoms with Crippen molar-refractivity contribution < 1.29 is 36.6 Å². The predicted molar refractivity (Wildman–Crippen MR) is 129 cm³/mol. The summed E-state index contributed by atoms with van der Waals surface area (Å²) >= 11 is 0. The molecule has 2 unspecified atom stereocenters. The van der Waals surface area contributed by atoms with E-state index in [9.17, 15) is 31.9 Å². The number of ether oxygens (including phenoxy) is 1. The minimum atomic E-state index is -4.23. The normalized spacial score (nSPS) is 29.0. The molecule has 0 aromatic heterocycles. The SMILES string of the molecule is O=C(O)C1CC2CCCC(C1)N2Cc1ccc2c(C(F)F)c(O[C@H]3CC[C@@H](C(F)(F)F)CC3)ccc2c1. The lowest BCUT2D eigenvalue weighted by atomic mass is 9.78. The van der Waals surface area contributed by atoms with Gasteiger partial charge in [0.25, 0.3) is 6.43 Å². The minimum absolute atomic E-state index is 0.0379. The highest BCUT2D eigenvalue weighted by Gasteiger charge is 2.42. The molecule has 2 aliphatic heterocycles.